The molecule has 1 aromatic rings. The molecule has 1 aliphatic carbocycles. The molecule has 1 aromatic carbocycles. The molecule has 0 heterocycles. The maximum atomic E-state index is 13.4. The van der Waals surface area contributed by atoms with Crippen molar-refractivity contribution in [2.75, 3.05) is 0 Å². The Morgan fingerprint density at radius 2 is 1.86 bits per heavy atom. The van der Waals surface area contributed by atoms with Gasteiger partial charge in [0.05, 0.1) is 6.61 Å². The molecule has 0 amide bonds. The summed E-state index contributed by atoms with van der Waals surface area (Å²) >= 11 is 0. The zero-order valence-corrected chi connectivity index (χ0v) is 8.05. The van der Waals surface area contributed by atoms with Crippen molar-refractivity contribution in [3.63, 3.8) is 0 Å². The Bertz CT molecular complexity index is 338. The van der Waals surface area contributed by atoms with Gasteiger partial charge in [-0.1, -0.05) is 6.07 Å². The molecule has 14 heavy (non-hydrogen) atoms. The van der Waals surface area contributed by atoms with Gasteiger partial charge in [0.2, 0.25) is 0 Å². The molecule has 0 unspecified atom stereocenters. The van der Waals surface area contributed by atoms with Crippen LogP contribution in [0.3, 0.4) is 0 Å². The van der Waals surface area contributed by atoms with Gasteiger partial charge in [0.1, 0.15) is 5.82 Å². The predicted octanol–water partition coefficient (Wildman–Crippen LogP) is 2.09. The highest BCUT2D eigenvalue weighted by atomic mass is 19.1. The third-order valence-electron chi connectivity index (χ3n) is 2.75. The fourth-order valence-electron chi connectivity index (χ4n) is 2.01. The van der Waals surface area contributed by atoms with Gasteiger partial charge >= 0.3 is 0 Å². The smallest absolute Gasteiger partial charge is 0.129 e. The molecule has 0 radical (unpaired) electrons. The largest absolute Gasteiger partial charge is 0.300 e. The van der Waals surface area contributed by atoms with E-state index in [1.807, 2.05) is 6.07 Å². The summed E-state index contributed by atoms with van der Waals surface area (Å²) in [6.45, 7) is 0.152. The molecular formula is C11H14FNO. The first kappa shape index (κ1) is 9.62. The molecule has 3 heteroatoms. The number of fused-ring (bicyclic) bond motifs is 1. The summed E-state index contributed by atoms with van der Waals surface area (Å²) in [5, 5.41) is 0. The molecule has 2 N–H and O–H groups in total. The standard InChI is InChI=1S/C11H14FNO/c12-11-6-9-4-2-1-3-8(9)5-10(11)7-14-13/h5-6H,1-4,7,13H2. The Morgan fingerprint density at radius 1 is 1.21 bits per heavy atom. The minimum absolute atomic E-state index is 0.152. The zero-order valence-electron chi connectivity index (χ0n) is 8.05. The van der Waals surface area contributed by atoms with E-state index in [0.29, 0.717) is 5.56 Å². The Balaban J connectivity index is 2.35. The number of rotatable bonds is 2. The van der Waals surface area contributed by atoms with Gasteiger partial charge in [0.25, 0.3) is 0 Å². The molecule has 76 valence electrons. The van der Waals surface area contributed by atoms with E-state index in [2.05, 4.69) is 4.84 Å². The lowest BCUT2D eigenvalue weighted by Gasteiger charge is -2.16. The lowest BCUT2D eigenvalue weighted by molar-refractivity contribution is 0.121. The summed E-state index contributed by atoms with van der Waals surface area (Å²) in [4.78, 5) is 4.46. The first-order valence-corrected chi connectivity index (χ1v) is 4.93. The summed E-state index contributed by atoms with van der Waals surface area (Å²) in [5.41, 5.74) is 2.97. The van der Waals surface area contributed by atoms with Crippen LogP contribution in [0.4, 0.5) is 4.39 Å². The lowest BCUT2D eigenvalue weighted by Crippen LogP contribution is -2.07. The number of benzene rings is 1. The first-order valence-electron chi connectivity index (χ1n) is 4.93. The zero-order chi connectivity index (χ0) is 9.97. The predicted molar refractivity (Wildman–Crippen MR) is 52.0 cm³/mol. The van der Waals surface area contributed by atoms with Crippen molar-refractivity contribution in [2.24, 2.45) is 5.90 Å². The second kappa shape index (κ2) is 4.07. The molecule has 0 aromatic heterocycles. The van der Waals surface area contributed by atoms with Crippen LogP contribution in [0.25, 0.3) is 0 Å². The molecule has 0 bridgehead atoms. The molecule has 1 aliphatic rings. The van der Waals surface area contributed by atoms with Crippen LogP contribution in [0.5, 0.6) is 0 Å². The van der Waals surface area contributed by atoms with Crippen LogP contribution < -0.4 is 5.90 Å². The van der Waals surface area contributed by atoms with Gasteiger partial charge in [-0.2, -0.15) is 0 Å². The second-order valence-electron chi connectivity index (χ2n) is 3.73. The van der Waals surface area contributed by atoms with E-state index in [1.165, 1.54) is 18.4 Å². The second-order valence-corrected chi connectivity index (χ2v) is 3.73. The van der Waals surface area contributed by atoms with E-state index < -0.39 is 0 Å². The van der Waals surface area contributed by atoms with Crippen molar-refractivity contribution in [1.82, 2.24) is 0 Å². The molecule has 0 saturated heterocycles. The average Bonchev–Trinajstić information content (AvgIpc) is 2.19. The quantitative estimate of drug-likeness (QED) is 0.733. The Morgan fingerprint density at radius 3 is 2.50 bits per heavy atom. The van der Waals surface area contributed by atoms with E-state index >= 15 is 0 Å². The highest BCUT2D eigenvalue weighted by Gasteiger charge is 2.13. The minimum Gasteiger partial charge on any atom is -0.300 e. The highest BCUT2D eigenvalue weighted by molar-refractivity contribution is 5.34. The van der Waals surface area contributed by atoms with E-state index in [0.717, 1.165) is 18.4 Å². The van der Waals surface area contributed by atoms with Gasteiger partial charge in [-0.3, -0.25) is 4.84 Å². The minimum atomic E-state index is -0.198. The van der Waals surface area contributed by atoms with Gasteiger partial charge in [-0.15, -0.1) is 0 Å². The third kappa shape index (κ3) is 1.79. The topological polar surface area (TPSA) is 35.2 Å². The normalized spacial score (nSPS) is 15.3. The molecule has 0 spiro atoms. The van der Waals surface area contributed by atoms with Crippen LogP contribution in [0.2, 0.25) is 0 Å². The molecule has 2 rings (SSSR count). The van der Waals surface area contributed by atoms with Gasteiger partial charge in [0, 0.05) is 5.56 Å². The lowest BCUT2D eigenvalue weighted by atomic mass is 9.90. The van der Waals surface area contributed by atoms with E-state index in [4.69, 9.17) is 5.90 Å². The van der Waals surface area contributed by atoms with Crippen molar-refractivity contribution in [3.05, 3.63) is 34.6 Å². The van der Waals surface area contributed by atoms with Gasteiger partial charge < -0.3 is 0 Å². The van der Waals surface area contributed by atoms with Gasteiger partial charge in [-0.25, -0.2) is 10.3 Å². The average molecular weight is 195 g/mol. The number of aryl methyl sites for hydroxylation is 2. The fraction of sp³-hybridized carbons (Fsp3) is 0.455. The SMILES string of the molecule is NOCc1cc2c(cc1F)CCCC2. The Labute approximate surface area is 82.8 Å². The number of nitrogens with two attached hydrogens (primary N) is 1. The van der Waals surface area contributed by atoms with Gasteiger partial charge in [-0.05, 0) is 42.9 Å². The molecule has 0 fully saturated rings. The van der Waals surface area contributed by atoms with E-state index in [-0.39, 0.29) is 12.4 Å². The van der Waals surface area contributed by atoms with Crippen molar-refractivity contribution in [2.45, 2.75) is 32.3 Å². The number of halogens is 1. The van der Waals surface area contributed by atoms with Crippen LogP contribution in [-0.4, -0.2) is 0 Å². The third-order valence-corrected chi connectivity index (χ3v) is 2.75. The van der Waals surface area contributed by atoms with Crippen LogP contribution >= 0.6 is 0 Å². The molecule has 0 saturated carbocycles. The number of hydrogen-bond donors (Lipinski definition) is 1. The molecule has 0 aliphatic heterocycles. The molecular weight excluding hydrogens is 181 g/mol. The summed E-state index contributed by atoms with van der Waals surface area (Å²) in [5.74, 6) is 4.74. The summed E-state index contributed by atoms with van der Waals surface area (Å²) in [6, 6.07) is 3.51. The van der Waals surface area contributed by atoms with E-state index in [1.54, 1.807) is 6.07 Å². The Kier molecular flexibility index (Phi) is 2.79. The molecule has 2 nitrogen and oxygen atoms in total. The molecule has 0 atom stereocenters. The van der Waals surface area contributed by atoms with Crippen molar-refractivity contribution < 1.29 is 9.23 Å². The highest BCUT2D eigenvalue weighted by Crippen LogP contribution is 2.24. The fourth-order valence-corrected chi connectivity index (χ4v) is 2.01. The Hall–Kier alpha value is -0.930. The van der Waals surface area contributed by atoms with Crippen molar-refractivity contribution >= 4 is 0 Å². The maximum Gasteiger partial charge on any atom is 0.129 e. The van der Waals surface area contributed by atoms with E-state index in [9.17, 15) is 4.39 Å². The number of hydrogen-bond acceptors (Lipinski definition) is 2. The monoisotopic (exact) mass is 195 g/mol. The summed E-state index contributed by atoms with van der Waals surface area (Å²) < 4.78 is 13.4. The first-order chi connectivity index (χ1) is 6.81. The summed E-state index contributed by atoms with van der Waals surface area (Å²) in [7, 11) is 0. The maximum absolute atomic E-state index is 13.4. The van der Waals surface area contributed by atoms with Crippen LogP contribution in [-0.2, 0) is 24.3 Å². The van der Waals surface area contributed by atoms with Crippen LogP contribution in [0, 0.1) is 5.82 Å². The van der Waals surface area contributed by atoms with Gasteiger partial charge in [0.15, 0.2) is 0 Å². The van der Waals surface area contributed by atoms with Crippen LogP contribution in [0.1, 0.15) is 29.5 Å². The summed E-state index contributed by atoms with van der Waals surface area (Å²) in [6.07, 6.45) is 4.41. The van der Waals surface area contributed by atoms with Crippen molar-refractivity contribution in [1.29, 1.82) is 0 Å². The van der Waals surface area contributed by atoms with Crippen LogP contribution in [0.15, 0.2) is 12.1 Å². The van der Waals surface area contributed by atoms with Crippen molar-refractivity contribution in [3.8, 4) is 0 Å².